The minimum Gasteiger partial charge on any atom is -0.399 e. The van der Waals surface area contributed by atoms with E-state index in [0.29, 0.717) is 30.9 Å². The van der Waals surface area contributed by atoms with Crippen LogP contribution in [0.2, 0.25) is 0 Å². The molecule has 3 aromatic rings. The fourth-order valence-corrected chi connectivity index (χ4v) is 3.67. The fraction of sp³-hybridized carbons (Fsp3) is 0.238. The van der Waals surface area contributed by atoms with Gasteiger partial charge in [0.25, 0.3) is 5.91 Å². The van der Waals surface area contributed by atoms with Crippen molar-refractivity contribution in [1.82, 2.24) is 9.88 Å². The van der Waals surface area contributed by atoms with E-state index >= 15 is 0 Å². The maximum absolute atomic E-state index is 12.6. The second kappa shape index (κ2) is 6.77. The first kappa shape index (κ1) is 16.5. The Balaban J connectivity index is 1.51. The van der Waals surface area contributed by atoms with Crippen LogP contribution in [0.1, 0.15) is 28.4 Å². The highest BCUT2D eigenvalue weighted by Crippen LogP contribution is 2.31. The van der Waals surface area contributed by atoms with Crippen LogP contribution < -0.4 is 5.73 Å². The molecule has 0 unspecified atom stereocenters. The van der Waals surface area contributed by atoms with E-state index in [4.69, 9.17) is 5.73 Å². The van der Waals surface area contributed by atoms with E-state index in [1.54, 1.807) is 17.0 Å². The van der Waals surface area contributed by atoms with Gasteiger partial charge in [0.2, 0.25) is 0 Å². The Kier molecular flexibility index (Phi) is 4.31. The van der Waals surface area contributed by atoms with Gasteiger partial charge in [0, 0.05) is 30.9 Å². The third-order valence-corrected chi connectivity index (χ3v) is 5.07. The molecule has 0 radical (unpaired) electrons. The van der Waals surface area contributed by atoms with Gasteiger partial charge in [0.15, 0.2) is 0 Å². The van der Waals surface area contributed by atoms with Crippen molar-refractivity contribution < 1.29 is 9.90 Å². The number of pyridine rings is 1. The zero-order chi connectivity index (χ0) is 18.1. The molecule has 1 aliphatic rings. The van der Waals surface area contributed by atoms with Gasteiger partial charge in [-0.05, 0) is 34.9 Å². The summed E-state index contributed by atoms with van der Waals surface area (Å²) in [5.74, 6) is -0.161. The lowest BCUT2D eigenvalue weighted by molar-refractivity contribution is 0.0378. The first-order valence-corrected chi connectivity index (χ1v) is 8.79. The predicted octanol–water partition coefficient (Wildman–Crippen LogP) is 2.81. The lowest BCUT2D eigenvalue weighted by Crippen LogP contribution is -2.46. The SMILES string of the molecule is Nc1ccnc(C(=O)N2CC[C@H](c3ccc4ccccc4c3)[C@@H](O)C2)c1. The average Bonchev–Trinajstić information content (AvgIpc) is 2.67. The molecule has 3 N–H and O–H groups in total. The van der Waals surface area contributed by atoms with Gasteiger partial charge >= 0.3 is 0 Å². The van der Waals surface area contributed by atoms with Gasteiger partial charge in [-0.15, -0.1) is 0 Å². The van der Waals surface area contributed by atoms with E-state index < -0.39 is 6.10 Å². The smallest absolute Gasteiger partial charge is 0.272 e. The van der Waals surface area contributed by atoms with Gasteiger partial charge < -0.3 is 15.7 Å². The Bertz CT molecular complexity index is 957. The van der Waals surface area contributed by atoms with Crippen molar-refractivity contribution in [3.05, 3.63) is 72.1 Å². The molecular formula is C21H21N3O2. The lowest BCUT2D eigenvalue weighted by atomic mass is 9.86. The number of nitrogen functional groups attached to an aromatic ring is 1. The maximum atomic E-state index is 12.6. The molecule has 1 aliphatic heterocycles. The second-order valence-corrected chi connectivity index (χ2v) is 6.79. The first-order chi connectivity index (χ1) is 12.6. The number of piperidine rings is 1. The number of fused-ring (bicyclic) bond motifs is 1. The highest BCUT2D eigenvalue weighted by atomic mass is 16.3. The van der Waals surface area contributed by atoms with Gasteiger partial charge in [0.1, 0.15) is 5.69 Å². The van der Waals surface area contributed by atoms with Crippen LogP contribution in [0.25, 0.3) is 10.8 Å². The van der Waals surface area contributed by atoms with Crippen LogP contribution in [0.5, 0.6) is 0 Å². The van der Waals surface area contributed by atoms with Gasteiger partial charge in [-0.25, -0.2) is 0 Å². The van der Waals surface area contributed by atoms with Crippen molar-refractivity contribution in [3.8, 4) is 0 Å². The summed E-state index contributed by atoms with van der Waals surface area (Å²) in [5, 5.41) is 13.0. The molecule has 132 valence electrons. The number of hydrogen-bond acceptors (Lipinski definition) is 4. The molecule has 0 saturated carbocycles. The van der Waals surface area contributed by atoms with Crippen molar-refractivity contribution in [2.75, 3.05) is 18.8 Å². The molecule has 0 spiro atoms. The number of hydrogen-bond donors (Lipinski definition) is 2. The number of nitrogens with zero attached hydrogens (tertiary/aromatic N) is 2. The summed E-state index contributed by atoms with van der Waals surface area (Å²) in [5.41, 5.74) is 7.68. The van der Waals surface area contributed by atoms with Crippen LogP contribution in [0, 0.1) is 0 Å². The van der Waals surface area contributed by atoms with E-state index in [2.05, 4.69) is 35.3 Å². The molecule has 2 atom stereocenters. The highest BCUT2D eigenvalue weighted by molar-refractivity contribution is 5.93. The molecule has 2 aromatic carbocycles. The predicted molar refractivity (Wildman–Crippen MR) is 102 cm³/mol. The Labute approximate surface area is 152 Å². The van der Waals surface area contributed by atoms with E-state index in [-0.39, 0.29) is 11.8 Å². The number of anilines is 1. The molecule has 1 aromatic heterocycles. The Morgan fingerprint density at radius 3 is 2.69 bits per heavy atom. The van der Waals surface area contributed by atoms with Crippen LogP contribution in [0.15, 0.2) is 60.8 Å². The van der Waals surface area contributed by atoms with Gasteiger partial charge in [-0.2, -0.15) is 0 Å². The van der Waals surface area contributed by atoms with Gasteiger partial charge in [-0.3, -0.25) is 9.78 Å². The summed E-state index contributed by atoms with van der Waals surface area (Å²) in [6, 6.07) is 17.7. The van der Waals surface area contributed by atoms with Crippen molar-refractivity contribution in [2.45, 2.75) is 18.4 Å². The number of rotatable bonds is 2. The summed E-state index contributed by atoms with van der Waals surface area (Å²) in [6.45, 7) is 0.886. The standard InChI is InChI=1S/C21H21N3O2/c22-17-7-9-23-19(12-17)21(26)24-10-8-18(20(25)13-24)16-6-5-14-3-1-2-4-15(14)11-16/h1-7,9,11-12,18,20,25H,8,10,13H2,(H2,22,23)/t18-,20+/m1/s1. The van der Waals surface area contributed by atoms with Crippen LogP contribution in [-0.2, 0) is 0 Å². The Morgan fingerprint density at radius 2 is 1.92 bits per heavy atom. The number of carbonyl (C=O) groups is 1. The zero-order valence-corrected chi connectivity index (χ0v) is 14.4. The summed E-state index contributed by atoms with van der Waals surface area (Å²) in [7, 11) is 0. The second-order valence-electron chi connectivity index (χ2n) is 6.79. The normalized spacial score (nSPS) is 20.3. The number of aliphatic hydroxyl groups is 1. The van der Waals surface area contributed by atoms with Gasteiger partial charge in [0.05, 0.1) is 6.10 Å². The third kappa shape index (κ3) is 3.13. The fourth-order valence-electron chi connectivity index (χ4n) is 3.67. The molecule has 0 bridgehead atoms. The molecule has 26 heavy (non-hydrogen) atoms. The van der Waals surface area contributed by atoms with Gasteiger partial charge in [-0.1, -0.05) is 42.5 Å². The number of likely N-dealkylation sites (tertiary alicyclic amines) is 1. The topological polar surface area (TPSA) is 79.5 Å². The Hall–Kier alpha value is -2.92. The van der Waals surface area contributed by atoms with Crippen molar-refractivity contribution in [2.24, 2.45) is 0 Å². The van der Waals surface area contributed by atoms with Crippen LogP contribution in [0.3, 0.4) is 0 Å². The van der Waals surface area contributed by atoms with E-state index in [1.807, 2.05) is 12.1 Å². The summed E-state index contributed by atoms with van der Waals surface area (Å²) in [4.78, 5) is 18.4. The third-order valence-electron chi connectivity index (χ3n) is 5.07. The number of β-amino-alcohol motifs (C(OH)–C–C–N with tert-alkyl or cyclic N) is 1. The number of carbonyl (C=O) groups excluding carboxylic acids is 1. The minimum atomic E-state index is -0.602. The average molecular weight is 347 g/mol. The van der Waals surface area contributed by atoms with Crippen LogP contribution >= 0.6 is 0 Å². The van der Waals surface area contributed by atoms with E-state index in [1.165, 1.54) is 17.0 Å². The molecule has 1 fully saturated rings. The maximum Gasteiger partial charge on any atom is 0.272 e. The largest absolute Gasteiger partial charge is 0.399 e. The van der Waals surface area contributed by atoms with Crippen LogP contribution in [-0.4, -0.2) is 40.1 Å². The summed E-state index contributed by atoms with van der Waals surface area (Å²) in [6.07, 6.45) is 1.64. The molecule has 1 saturated heterocycles. The molecular weight excluding hydrogens is 326 g/mol. The number of aliphatic hydroxyl groups excluding tert-OH is 1. The summed E-state index contributed by atoms with van der Waals surface area (Å²) >= 11 is 0. The number of nitrogens with two attached hydrogens (primary N) is 1. The first-order valence-electron chi connectivity index (χ1n) is 8.79. The molecule has 0 aliphatic carbocycles. The van der Waals surface area contributed by atoms with Crippen molar-refractivity contribution in [1.29, 1.82) is 0 Å². The van der Waals surface area contributed by atoms with Crippen LogP contribution in [0.4, 0.5) is 5.69 Å². The number of amides is 1. The quantitative estimate of drug-likeness (QED) is 0.747. The summed E-state index contributed by atoms with van der Waals surface area (Å²) < 4.78 is 0. The number of benzene rings is 2. The zero-order valence-electron chi connectivity index (χ0n) is 14.4. The van der Waals surface area contributed by atoms with Crippen molar-refractivity contribution in [3.63, 3.8) is 0 Å². The van der Waals surface area contributed by atoms with Crippen molar-refractivity contribution >= 4 is 22.4 Å². The number of aromatic nitrogens is 1. The Morgan fingerprint density at radius 1 is 1.12 bits per heavy atom. The molecule has 2 heterocycles. The molecule has 1 amide bonds. The molecule has 5 nitrogen and oxygen atoms in total. The molecule has 5 heteroatoms. The van der Waals surface area contributed by atoms with E-state index in [0.717, 1.165) is 5.56 Å². The minimum absolute atomic E-state index is 0.0254. The molecule has 4 rings (SSSR count). The lowest BCUT2D eigenvalue weighted by Gasteiger charge is -2.36. The van der Waals surface area contributed by atoms with E-state index in [9.17, 15) is 9.90 Å². The monoisotopic (exact) mass is 347 g/mol. The highest BCUT2D eigenvalue weighted by Gasteiger charge is 2.32.